The zero-order valence-electron chi connectivity index (χ0n) is 21.2. The SMILES string of the molecule is Cc1ccccc1NC(=O)C(c1ccccc1O)N(C(=O)C(CS)NC(=O)OC(C)(C)C)C1CCC1. The molecule has 1 aliphatic rings. The summed E-state index contributed by atoms with van der Waals surface area (Å²) >= 11 is 4.31. The molecule has 2 atom stereocenters. The molecule has 194 valence electrons. The number of hydrogen-bond acceptors (Lipinski definition) is 6. The first kappa shape index (κ1) is 27.4. The predicted octanol–water partition coefficient (Wildman–Crippen LogP) is 4.58. The van der Waals surface area contributed by atoms with Gasteiger partial charge in [-0.25, -0.2) is 4.79 Å². The van der Waals surface area contributed by atoms with Gasteiger partial charge in [0.05, 0.1) is 0 Å². The third kappa shape index (κ3) is 6.72. The van der Waals surface area contributed by atoms with E-state index < -0.39 is 35.6 Å². The largest absolute Gasteiger partial charge is 0.508 e. The van der Waals surface area contributed by atoms with Crippen molar-refractivity contribution >= 4 is 36.2 Å². The zero-order valence-corrected chi connectivity index (χ0v) is 22.0. The molecule has 3 rings (SSSR count). The number of alkyl carbamates (subject to hydrolysis) is 1. The minimum absolute atomic E-state index is 0.00814. The molecule has 0 heterocycles. The van der Waals surface area contributed by atoms with Crippen LogP contribution in [0.4, 0.5) is 10.5 Å². The molecule has 0 spiro atoms. The molecule has 36 heavy (non-hydrogen) atoms. The van der Waals surface area contributed by atoms with Crippen LogP contribution in [0, 0.1) is 6.92 Å². The highest BCUT2D eigenvalue weighted by Crippen LogP contribution is 2.37. The third-order valence-corrected chi connectivity index (χ3v) is 6.42. The van der Waals surface area contributed by atoms with Crippen molar-refractivity contribution in [3.63, 3.8) is 0 Å². The lowest BCUT2D eigenvalue weighted by atomic mass is 9.88. The molecule has 2 aromatic rings. The second kappa shape index (κ2) is 11.7. The van der Waals surface area contributed by atoms with Gasteiger partial charge in [0.15, 0.2) is 0 Å². The Balaban J connectivity index is 1.99. The summed E-state index contributed by atoms with van der Waals surface area (Å²) in [4.78, 5) is 41.6. The van der Waals surface area contributed by atoms with Crippen LogP contribution in [-0.4, -0.2) is 51.4 Å². The van der Waals surface area contributed by atoms with Crippen molar-refractivity contribution in [1.82, 2.24) is 10.2 Å². The topological polar surface area (TPSA) is 108 Å². The van der Waals surface area contributed by atoms with Crippen LogP contribution in [-0.2, 0) is 14.3 Å². The highest BCUT2D eigenvalue weighted by atomic mass is 32.1. The van der Waals surface area contributed by atoms with Crippen molar-refractivity contribution in [3.8, 4) is 5.75 Å². The van der Waals surface area contributed by atoms with Crippen LogP contribution in [0.3, 0.4) is 0 Å². The minimum Gasteiger partial charge on any atom is -0.508 e. The fourth-order valence-electron chi connectivity index (χ4n) is 4.05. The summed E-state index contributed by atoms with van der Waals surface area (Å²) < 4.78 is 5.33. The Bertz CT molecular complexity index is 1100. The molecule has 0 radical (unpaired) electrons. The number of amides is 3. The first-order valence-corrected chi connectivity index (χ1v) is 12.7. The van der Waals surface area contributed by atoms with Crippen molar-refractivity contribution in [2.45, 2.75) is 70.7 Å². The van der Waals surface area contributed by atoms with Gasteiger partial charge in [-0.15, -0.1) is 0 Å². The number of anilines is 1. The molecular weight excluding hydrogens is 478 g/mol. The quantitative estimate of drug-likeness (QED) is 0.387. The minimum atomic E-state index is -1.12. The number of para-hydroxylation sites is 2. The monoisotopic (exact) mass is 513 g/mol. The maximum absolute atomic E-state index is 13.9. The average Bonchev–Trinajstić information content (AvgIpc) is 2.77. The molecule has 1 saturated carbocycles. The van der Waals surface area contributed by atoms with Gasteiger partial charge in [-0.2, -0.15) is 12.6 Å². The molecule has 0 aliphatic heterocycles. The number of nitrogens with zero attached hydrogens (tertiary/aromatic N) is 1. The molecule has 0 saturated heterocycles. The second-order valence-corrected chi connectivity index (χ2v) is 10.3. The lowest BCUT2D eigenvalue weighted by molar-refractivity contribution is -0.145. The van der Waals surface area contributed by atoms with Gasteiger partial charge in [-0.1, -0.05) is 36.4 Å². The van der Waals surface area contributed by atoms with Gasteiger partial charge in [0.1, 0.15) is 23.4 Å². The fourth-order valence-corrected chi connectivity index (χ4v) is 4.30. The van der Waals surface area contributed by atoms with Crippen molar-refractivity contribution < 1.29 is 24.2 Å². The molecule has 1 aliphatic carbocycles. The van der Waals surface area contributed by atoms with Gasteiger partial charge in [0, 0.05) is 23.0 Å². The Hall–Kier alpha value is -3.20. The molecule has 0 aromatic heterocycles. The Morgan fingerprint density at radius 2 is 1.75 bits per heavy atom. The normalized spacial score (nSPS) is 15.2. The third-order valence-electron chi connectivity index (χ3n) is 6.06. The van der Waals surface area contributed by atoms with E-state index in [1.165, 1.54) is 11.0 Å². The van der Waals surface area contributed by atoms with Gasteiger partial charge in [0.25, 0.3) is 5.91 Å². The van der Waals surface area contributed by atoms with E-state index in [9.17, 15) is 19.5 Å². The Kier molecular flexibility index (Phi) is 8.89. The van der Waals surface area contributed by atoms with E-state index in [1.807, 2.05) is 25.1 Å². The van der Waals surface area contributed by atoms with Gasteiger partial charge in [-0.3, -0.25) is 9.59 Å². The number of aromatic hydroxyl groups is 1. The lowest BCUT2D eigenvalue weighted by Gasteiger charge is -2.43. The Morgan fingerprint density at radius 3 is 2.31 bits per heavy atom. The van der Waals surface area contributed by atoms with Crippen molar-refractivity contribution in [3.05, 3.63) is 59.7 Å². The highest BCUT2D eigenvalue weighted by molar-refractivity contribution is 7.80. The predicted molar refractivity (Wildman–Crippen MR) is 142 cm³/mol. The number of hydrogen-bond donors (Lipinski definition) is 4. The highest BCUT2D eigenvalue weighted by Gasteiger charge is 2.42. The van der Waals surface area contributed by atoms with E-state index in [1.54, 1.807) is 45.0 Å². The van der Waals surface area contributed by atoms with Crippen LogP contribution in [0.15, 0.2) is 48.5 Å². The van der Waals surface area contributed by atoms with Crippen LogP contribution in [0.25, 0.3) is 0 Å². The number of aryl methyl sites for hydroxylation is 1. The Morgan fingerprint density at radius 1 is 1.11 bits per heavy atom. The second-order valence-electron chi connectivity index (χ2n) is 9.98. The van der Waals surface area contributed by atoms with E-state index in [4.69, 9.17) is 4.74 Å². The number of carbonyl (C=O) groups excluding carboxylic acids is 3. The van der Waals surface area contributed by atoms with Crippen molar-refractivity contribution in [2.75, 3.05) is 11.1 Å². The van der Waals surface area contributed by atoms with E-state index in [0.29, 0.717) is 24.1 Å². The number of ether oxygens (including phenoxy) is 1. The molecular formula is C27H35N3O5S. The Labute approximate surface area is 217 Å². The molecule has 3 amide bonds. The number of thiol groups is 1. The van der Waals surface area contributed by atoms with E-state index in [0.717, 1.165) is 12.0 Å². The van der Waals surface area contributed by atoms with Gasteiger partial charge in [0.2, 0.25) is 5.91 Å². The summed E-state index contributed by atoms with van der Waals surface area (Å²) in [5.74, 6) is -1.01. The number of rotatable bonds is 8. The van der Waals surface area contributed by atoms with E-state index >= 15 is 0 Å². The van der Waals surface area contributed by atoms with Gasteiger partial charge in [-0.05, 0) is 64.7 Å². The van der Waals surface area contributed by atoms with Crippen LogP contribution >= 0.6 is 12.6 Å². The number of benzene rings is 2. The molecule has 2 aromatic carbocycles. The summed E-state index contributed by atoms with van der Waals surface area (Å²) in [5, 5.41) is 16.2. The molecule has 3 N–H and O–H groups in total. The summed E-state index contributed by atoms with van der Waals surface area (Å²) in [6, 6.07) is 11.5. The number of phenolic OH excluding ortho intramolecular Hbond substituents is 1. The number of nitrogens with one attached hydrogen (secondary N) is 2. The molecule has 9 heteroatoms. The van der Waals surface area contributed by atoms with Crippen molar-refractivity contribution in [2.24, 2.45) is 0 Å². The standard InChI is InChI=1S/C27H35N3O5S/c1-17-10-5-7-14-20(17)28-24(32)23(19-13-6-8-15-22(19)31)30(18-11-9-12-18)25(33)21(16-36)29-26(34)35-27(2,3)4/h5-8,10,13-15,18,21,23,31,36H,9,11-12,16H2,1-4H3,(H,28,32)(H,29,34). The number of carbonyl (C=O) groups is 3. The van der Waals surface area contributed by atoms with Crippen LogP contribution in [0.2, 0.25) is 0 Å². The molecule has 2 unspecified atom stereocenters. The van der Waals surface area contributed by atoms with Gasteiger partial charge < -0.3 is 25.4 Å². The van der Waals surface area contributed by atoms with Crippen molar-refractivity contribution in [1.29, 1.82) is 0 Å². The maximum atomic E-state index is 13.9. The van der Waals surface area contributed by atoms with Crippen LogP contribution in [0.5, 0.6) is 5.75 Å². The van der Waals surface area contributed by atoms with E-state index in [-0.39, 0.29) is 17.5 Å². The summed E-state index contributed by atoms with van der Waals surface area (Å²) in [5.41, 5.74) is 1.04. The zero-order chi connectivity index (χ0) is 26.5. The smallest absolute Gasteiger partial charge is 0.408 e. The van der Waals surface area contributed by atoms with Crippen LogP contribution < -0.4 is 10.6 Å². The maximum Gasteiger partial charge on any atom is 0.408 e. The molecule has 1 fully saturated rings. The molecule has 0 bridgehead atoms. The fraction of sp³-hybridized carbons (Fsp3) is 0.444. The summed E-state index contributed by atoms with van der Waals surface area (Å²) in [7, 11) is 0. The first-order chi connectivity index (χ1) is 17.0. The summed E-state index contributed by atoms with van der Waals surface area (Å²) in [6.45, 7) is 7.07. The summed E-state index contributed by atoms with van der Waals surface area (Å²) in [6.07, 6.45) is 1.58. The van der Waals surface area contributed by atoms with E-state index in [2.05, 4.69) is 23.3 Å². The first-order valence-electron chi connectivity index (χ1n) is 12.1. The average molecular weight is 514 g/mol. The lowest BCUT2D eigenvalue weighted by Crippen LogP contribution is -2.57. The van der Waals surface area contributed by atoms with Crippen LogP contribution in [0.1, 0.15) is 57.2 Å². The number of phenols is 1. The molecule has 8 nitrogen and oxygen atoms in total. The van der Waals surface area contributed by atoms with Gasteiger partial charge >= 0.3 is 6.09 Å².